The molecule has 3 aromatic rings. The lowest BCUT2D eigenvalue weighted by Gasteiger charge is -2.10. The highest BCUT2D eigenvalue weighted by Gasteiger charge is 2.29. The van der Waals surface area contributed by atoms with Gasteiger partial charge in [0.1, 0.15) is 5.82 Å². The van der Waals surface area contributed by atoms with Gasteiger partial charge in [-0.15, -0.1) is 0 Å². The maximum atomic E-state index is 12.6. The van der Waals surface area contributed by atoms with Crippen molar-refractivity contribution in [2.75, 3.05) is 10.0 Å². The Morgan fingerprint density at radius 2 is 1.44 bits per heavy atom. The highest BCUT2D eigenvalue weighted by Crippen LogP contribution is 2.30. The number of rotatable bonds is 5. The first kappa shape index (κ1) is 18.7. The Bertz CT molecular complexity index is 1000. The molecule has 0 atom stereocenters. The van der Waals surface area contributed by atoms with Crippen molar-refractivity contribution >= 4 is 27.2 Å². The fourth-order valence-corrected chi connectivity index (χ4v) is 3.26. The predicted molar refractivity (Wildman–Crippen MR) is 96.2 cm³/mol. The van der Waals surface area contributed by atoms with E-state index in [9.17, 15) is 21.6 Å². The van der Waals surface area contributed by atoms with Gasteiger partial charge < -0.3 is 5.32 Å². The number of nitrogens with one attached hydrogen (secondary N) is 2. The predicted octanol–water partition coefficient (Wildman–Crippen LogP) is 4.64. The van der Waals surface area contributed by atoms with Crippen molar-refractivity contribution < 1.29 is 21.6 Å². The molecule has 27 heavy (non-hydrogen) atoms. The van der Waals surface area contributed by atoms with Crippen molar-refractivity contribution in [3.8, 4) is 0 Å². The molecule has 3 rings (SSSR count). The third-order valence-electron chi connectivity index (χ3n) is 3.56. The molecule has 2 N–H and O–H groups in total. The second-order valence-corrected chi connectivity index (χ2v) is 7.23. The van der Waals surface area contributed by atoms with E-state index in [-0.39, 0.29) is 10.7 Å². The van der Waals surface area contributed by atoms with Crippen LogP contribution >= 0.6 is 0 Å². The van der Waals surface area contributed by atoms with E-state index in [1.54, 1.807) is 24.3 Å². The Kier molecular flexibility index (Phi) is 5.04. The molecular weight excluding hydrogens is 379 g/mol. The fourth-order valence-electron chi connectivity index (χ4n) is 2.23. The van der Waals surface area contributed by atoms with Crippen LogP contribution in [0.3, 0.4) is 0 Å². The number of nitrogens with zero attached hydrogens (tertiary/aromatic N) is 1. The van der Waals surface area contributed by atoms with E-state index in [1.807, 2.05) is 0 Å². The number of hydrogen-bond donors (Lipinski definition) is 2. The molecule has 0 aliphatic heterocycles. The zero-order valence-corrected chi connectivity index (χ0v) is 14.6. The molecule has 0 aliphatic carbocycles. The summed E-state index contributed by atoms with van der Waals surface area (Å²) in [5, 5.41) is 2.90. The number of sulfonamides is 1. The van der Waals surface area contributed by atoms with Crippen LogP contribution < -0.4 is 10.0 Å². The second-order valence-electron chi connectivity index (χ2n) is 5.55. The van der Waals surface area contributed by atoms with Gasteiger partial charge in [-0.3, -0.25) is 4.72 Å². The molecule has 0 unspecified atom stereocenters. The van der Waals surface area contributed by atoms with Gasteiger partial charge in [-0.2, -0.15) is 13.2 Å². The molecular formula is C18H14F3N3O2S. The molecule has 1 heterocycles. The van der Waals surface area contributed by atoms with Gasteiger partial charge >= 0.3 is 6.18 Å². The zero-order valence-electron chi connectivity index (χ0n) is 13.7. The van der Waals surface area contributed by atoms with Crippen molar-refractivity contribution in [1.29, 1.82) is 0 Å². The highest BCUT2D eigenvalue weighted by molar-refractivity contribution is 7.92. The summed E-state index contributed by atoms with van der Waals surface area (Å²) in [6, 6.07) is 15.4. The van der Waals surface area contributed by atoms with Crippen LogP contribution in [-0.2, 0) is 16.2 Å². The molecule has 0 radical (unpaired) electrons. The van der Waals surface area contributed by atoms with E-state index in [0.29, 0.717) is 11.4 Å². The maximum Gasteiger partial charge on any atom is 0.416 e. The van der Waals surface area contributed by atoms with Crippen LogP contribution in [0.15, 0.2) is 77.8 Å². The molecule has 0 saturated heterocycles. The van der Waals surface area contributed by atoms with Gasteiger partial charge in [0.05, 0.1) is 22.3 Å². The van der Waals surface area contributed by atoms with Gasteiger partial charge in [0, 0.05) is 5.69 Å². The summed E-state index contributed by atoms with van der Waals surface area (Å²) in [4.78, 5) is 4.12. The summed E-state index contributed by atoms with van der Waals surface area (Å²) < 4.78 is 64.5. The van der Waals surface area contributed by atoms with Crippen LogP contribution in [0.5, 0.6) is 0 Å². The number of alkyl halides is 3. The molecule has 140 valence electrons. The number of anilines is 3. The average molecular weight is 393 g/mol. The van der Waals surface area contributed by atoms with E-state index in [4.69, 9.17) is 0 Å². The van der Waals surface area contributed by atoms with Crippen LogP contribution in [0.2, 0.25) is 0 Å². The minimum absolute atomic E-state index is 0.110. The first-order valence-electron chi connectivity index (χ1n) is 7.72. The lowest BCUT2D eigenvalue weighted by Crippen LogP contribution is -2.13. The van der Waals surface area contributed by atoms with Crippen LogP contribution in [0.1, 0.15) is 5.56 Å². The molecule has 5 nitrogen and oxygen atoms in total. The van der Waals surface area contributed by atoms with E-state index in [2.05, 4.69) is 15.0 Å². The summed E-state index contributed by atoms with van der Waals surface area (Å²) in [6.07, 6.45) is -3.02. The minimum atomic E-state index is -4.39. The normalized spacial score (nSPS) is 11.8. The van der Waals surface area contributed by atoms with Crippen LogP contribution in [0.25, 0.3) is 0 Å². The van der Waals surface area contributed by atoms with Gasteiger partial charge in [-0.1, -0.05) is 18.2 Å². The summed E-state index contributed by atoms with van der Waals surface area (Å²) >= 11 is 0. The van der Waals surface area contributed by atoms with Gasteiger partial charge in [0.2, 0.25) is 0 Å². The largest absolute Gasteiger partial charge is 0.416 e. The lowest BCUT2D eigenvalue weighted by atomic mass is 10.2. The molecule has 2 aromatic carbocycles. The Labute approximate surface area is 153 Å². The monoisotopic (exact) mass is 393 g/mol. The van der Waals surface area contributed by atoms with Crippen molar-refractivity contribution in [3.05, 3.63) is 78.5 Å². The van der Waals surface area contributed by atoms with Crippen LogP contribution in [0.4, 0.5) is 30.4 Å². The smallest absolute Gasteiger partial charge is 0.354 e. The molecule has 0 amide bonds. The number of benzene rings is 2. The average Bonchev–Trinajstić information content (AvgIpc) is 2.64. The van der Waals surface area contributed by atoms with E-state index >= 15 is 0 Å². The minimum Gasteiger partial charge on any atom is -0.354 e. The van der Waals surface area contributed by atoms with Gasteiger partial charge in [0.15, 0.2) is 0 Å². The summed E-state index contributed by atoms with van der Waals surface area (Å²) in [6.45, 7) is 0. The third-order valence-corrected chi connectivity index (χ3v) is 4.93. The Morgan fingerprint density at radius 1 is 0.815 bits per heavy atom. The van der Waals surface area contributed by atoms with Crippen LogP contribution in [-0.4, -0.2) is 13.4 Å². The Morgan fingerprint density at radius 3 is 2.00 bits per heavy atom. The SMILES string of the molecule is O=S(=O)(Nc1ccc(Nc2ccc(C(F)(F)F)cc2)cn1)c1ccccc1. The van der Waals surface area contributed by atoms with Crippen molar-refractivity contribution in [2.45, 2.75) is 11.1 Å². The quantitative estimate of drug-likeness (QED) is 0.662. The topological polar surface area (TPSA) is 71.1 Å². The number of aromatic nitrogens is 1. The maximum absolute atomic E-state index is 12.6. The summed E-state index contributed by atoms with van der Waals surface area (Å²) in [5.74, 6) is 0.122. The standard InChI is InChI=1S/C18H14F3N3O2S/c19-18(20,21)13-6-8-14(9-7-13)23-15-10-11-17(22-12-15)24-27(25,26)16-4-2-1-3-5-16/h1-12,23H,(H,22,24). The first-order chi connectivity index (χ1) is 12.7. The second kappa shape index (κ2) is 7.28. The fraction of sp³-hybridized carbons (Fsp3) is 0.0556. The highest BCUT2D eigenvalue weighted by atomic mass is 32.2. The van der Waals surface area contributed by atoms with E-state index < -0.39 is 21.8 Å². The first-order valence-corrected chi connectivity index (χ1v) is 9.20. The third kappa shape index (κ3) is 4.76. The van der Waals surface area contributed by atoms with Gasteiger partial charge in [-0.25, -0.2) is 13.4 Å². The number of halogens is 3. The summed E-state index contributed by atoms with van der Waals surface area (Å²) in [5.41, 5.74) is 0.205. The Hall–Kier alpha value is -3.07. The zero-order chi connectivity index (χ0) is 19.5. The van der Waals surface area contributed by atoms with Gasteiger partial charge in [-0.05, 0) is 48.5 Å². The molecule has 0 saturated carbocycles. The molecule has 1 aromatic heterocycles. The lowest BCUT2D eigenvalue weighted by molar-refractivity contribution is -0.137. The molecule has 0 bridgehead atoms. The summed E-state index contributed by atoms with van der Waals surface area (Å²) in [7, 11) is -3.74. The van der Waals surface area contributed by atoms with Gasteiger partial charge in [0.25, 0.3) is 10.0 Å². The number of pyridine rings is 1. The van der Waals surface area contributed by atoms with Crippen molar-refractivity contribution in [2.24, 2.45) is 0 Å². The molecule has 0 fully saturated rings. The van der Waals surface area contributed by atoms with Crippen molar-refractivity contribution in [1.82, 2.24) is 4.98 Å². The molecule has 0 spiro atoms. The van der Waals surface area contributed by atoms with Crippen molar-refractivity contribution in [3.63, 3.8) is 0 Å². The number of hydrogen-bond acceptors (Lipinski definition) is 4. The molecule has 9 heteroatoms. The van der Waals surface area contributed by atoms with Crippen LogP contribution in [0, 0.1) is 0 Å². The Balaban J connectivity index is 1.69. The van der Waals surface area contributed by atoms with E-state index in [1.165, 1.54) is 36.5 Å². The van der Waals surface area contributed by atoms with E-state index in [0.717, 1.165) is 12.1 Å². The molecule has 0 aliphatic rings.